The summed E-state index contributed by atoms with van der Waals surface area (Å²) in [4.78, 5) is 28.7. The standard InChI is InChI=1S/C19H27N3O2/c1-2-16-9-5-6-10-22(16)18(23)13-21-12-15-8-4-3-7-14(15)11-17(21)19(20)24/h3-4,7-8,16-17H,2,5-6,9-13H2,1H3,(H2,20,24). The zero-order chi connectivity index (χ0) is 17.1. The Bertz CT molecular complexity index is 616. The van der Waals surface area contributed by atoms with Crippen LogP contribution >= 0.6 is 0 Å². The minimum atomic E-state index is -0.395. The van der Waals surface area contributed by atoms with E-state index in [1.54, 1.807) is 0 Å². The third-order valence-corrected chi connectivity index (χ3v) is 5.43. The van der Waals surface area contributed by atoms with Gasteiger partial charge in [-0.3, -0.25) is 14.5 Å². The highest BCUT2D eigenvalue weighted by atomic mass is 16.2. The quantitative estimate of drug-likeness (QED) is 0.914. The van der Waals surface area contributed by atoms with Crippen LogP contribution in [0.5, 0.6) is 0 Å². The summed E-state index contributed by atoms with van der Waals surface area (Å²) < 4.78 is 0. The van der Waals surface area contributed by atoms with Crippen molar-refractivity contribution in [3.05, 3.63) is 35.4 Å². The van der Waals surface area contributed by atoms with Gasteiger partial charge >= 0.3 is 0 Å². The fourth-order valence-electron chi connectivity index (χ4n) is 4.04. The molecule has 130 valence electrons. The molecule has 2 unspecified atom stereocenters. The second-order valence-corrected chi connectivity index (χ2v) is 6.94. The maximum Gasteiger partial charge on any atom is 0.237 e. The van der Waals surface area contributed by atoms with Crippen LogP contribution in [0, 0.1) is 0 Å². The SMILES string of the molecule is CCC1CCCCN1C(=O)CN1Cc2ccccc2CC1C(N)=O. The Morgan fingerprint density at radius 2 is 1.96 bits per heavy atom. The second kappa shape index (κ2) is 7.34. The maximum absolute atomic E-state index is 12.8. The number of nitrogens with two attached hydrogens (primary N) is 1. The molecule has 1 aromatic carbocycles. The molecule has 1 saturated heterocycles. The van der Waals surface area contributed by atoms with E-state index in [2.05, 4.69) is 13.0 Å². The van der Waals surface area contributed by atoms with Crippen LogP contribution in [-0.4, -0.2) is 46.8 Å². The molecule has 2 aliphatic heterocycles. The molecule has 0 aromatic heterocycles. The molecular formula is C19H27N3O2. The van der Waals surface area contributed by atoms with E-state index in [4.69, 9.17) is 5.73 Å². The number of amides is 2. The first-order valence-corrected chi connectivity index (χ1v) is 8.99. The number of likely N-dealkylation sites (tertiary alicyclic amines) is 1. The number of carbonyl (C=O) groups excluding carboxylic acids is 2. The molecule has 0 bridgehead atoms. The van der Waals surface area contributed by atoms with Crippen molar-refractivity contribution in [1.29, 1.82) is 0 Å². The lowest BCUT2D eigenvalue weighted by molar-refractivity contribution is -0.138. The molecule has 2 N–H and O–H groups in total. The summed E-state index contributed by atoms with van der Waals surface area (Å²) in [6, 6.07) is 8.05. The molecule has 2 atom stereocenters. The van der Waals surface area contributed by atoms with Crippen LogP contribution in [0.1, 0.15) is 43.7 Å². The van der Waals surface area contributed by atoms with Gasteiger partial charge < -0.3 is 10.6 Å². The molecule has 0 aliphatic carbocycles. The van der Waals surface area contributed by atoms with Crippen LogP contribution in [0.25, 0.3) is 0 Å². The van der Waals surface area contributed by atoms with Gasteiger partial charge in [-0.15, -0.1) is 0 Å². The topological polar surface area (TPSA) is 66.6 Å². The number of nitrogens with zero attached hydrogens (tertiary/aromatic N) is 2. The first kappa shape index (κ1) is 17.0. The molecule has 5 nitrogen and oxygen atoms in total. The predicted molar refractivity (Wildman–Crippen MR) is 93.2 cm³/mol. The number of carbonyl (C=O) groups is 2. The molecule has 5 heteroatoms. The van der Waals surface area contributed by atoms with Crippen LogP contribution in [0.2, 0.25) is 0 Å². The van der Waals surface area contributed by atoms with Crippen molar-refractivity contribution in [1.82, 2.24) is 9.80 Å². The zero-order valence-corrected chi connectivity index (χ0v) is 14.4. The van der Waals surface area contributed by atoms with Gasteiger partial charge in [0.05, 0.1) is 12.6 Å². The van der Waals surface area contributed by atoms with Crippen molar-refractivity contribution < 1.29 is 9.59 Å². The summed E-state index contributed by atoms with van der Waals surface area (Å²) in [5, 5.41) is 0. The average molecular weight is 329 g/mol. The molecule has 2 amide bonds. The predicted octanol–water partition coefficient (Wildman–Crippen LogP) is 1.69. The number of primary amides is 1. The van der Waals surface area contributed by atoms with E-state index < -0.39 is 6.04 Å². The molecule has 2 heterocycles. The fraction of sp³-hybridized carbons (Fsp3) is 0.579. The molecule has 0 radical (unpaired) electrons. The normalized spacial score (nSPS) is 24.5. The summed E-state index contributed by atoms with van der Waals surface area (Å²) in [5.41, 5.74) is 7.97. The zero-order valence-electron chi connectivity index (χ0n) is 14.4. The van der Waals surface area contributed by atoms with Gasteiger partial charge in [0.2, 0.25) is 11.8 Å². The monoisotopic (exact) mass is 329 g/mol. The molecule has 1 fully saturated rings. The van der Waals surface area contributed by atoms with E-state index >= 15 is 0 Å². The number of hydrogen-bond donors (Lipinski definition) is 1. The number of benzene rings is 1. The van der Waals surface area contributed by atoms with Crippen molar-refractivity contribution in [3.8, 4) is 0 Å². The highest BCUT2D eigenvalue weighted by Crippen LogP contribution is 2.25. The van der Waals surface area contributed by atoms with Crippen molar-refractivity contribution in [2.75, 3.05) is 13.1 Å². The molecular weight excluding hydrogens is 302 g/mol. The molecule has 3 rings (SSSR count). The van der Waals surface area contributed by atoms with E-state index in [0.29, 0.717) is 19.0 Å². The highest BCUT2D eigenvalue weighted by Gasteiger charge is 2.33. The highest BCUT2D eigenvalue weighted by molar-refractivity contribution is 5.83. The lowest BCUT2D eigenvalue weighted by Gasteiger charge is -2.39. The van der Waals surface area contributed by atoms with E-state index in [1.807, 2.05) is 28.0 Å². The van der Waals surface area contributed by atoms with Crippen LogP contribution in [0.4, 0.5) is 0 Å². The molecule has 1 aromatic rings. The van der Waals surface area contributed by atoms with Gasteiger partial charge in [0.25, 0.3) is 0 Å². The number of rotatable bonds is 4. The van der Waals surface area contributed by atoms with Gasteiger partial charge in [0.15, 0.2) is 0 Å². The Morgan fingerprint density at radius 3 is 2.67 bits per heavy atom. The van der Waals surface area contributed by atoms with Gasteiger partial charge in [-0.1, -0.05) is 31.2 Å². The van der Waals surface area contributed by atoms with Gasteiger partial charge in [-0.25, -0.2) is 0 Å². The summed E-state index contributed by atoms with van der Waals surface area (Å²) in [5.74, 6) is -0.213. The van der Waals surface area contributed by atoms with Crippen molar-refractivity contribution in [2.24, 2.45) is 5.73 Å². The lowest BCUT2D eigenvalue weighted by atomic mass is 9.93. The Labute approximate surface area is 143 Å². The van der Waals surface area contributed by atoms with Crippen LogP contribution in [0.15, 0.2) is 24.3 Å². The van der Waals surface area contributed by atoms with E-state index in [1.165, 1.54) is 12.0 Å². The molecule has 2 aliphatic rings. The van der Waals surface area contributed by atoms with E-state index in [0.717, 1.165) is 31.4 Å². The van der Waals surface area contributed by atoms with Crippen molar-refractivity contribution >= 4 is 11.8 Å². The fourth-order valence-corrected chi connectivity index (χ4v) is 4.04. The third kappa shape index (κ3) is 3.46. The van der Waals surface area contributed by atoms with Gasteiger partial charge in [-0.05, 0) is 43.2 Å². The van der Waals surface area contributed by atoms with Crippen molar-refractivity contribution in [3.63, 3.8) is 0 Å². The summed E-state index contributed by atoms with van der Waals surface area (Å²) in [6.45, 7) is 3.86. The molecule has 0 saturated carbocycles. The summed E-state index contributed by atoms with van der Waals surface area (Å²) in [7, 11) is 0. The maximum atomic E-state index is 12.8. The van der Waals surface area contributed by atoms with Crippen LogP contribution in [-0.2, 0) is 22.6 Å². The minimum Gasteiger partial charge on any atom is -0.368 e. The minimum absolute atomic E-state index is 0.132. The second-order valence-electron chi connectivity index (χ2n) is 6.94. The Morgan fingerprint density at radius 1 is 1.21 bits per heavy atom. The first-order valence-electron chi connectivity index (χ1n) is 8.99. The van der Waals surface area contributed by atoms with Gasteiger partial charge in [0.1, 0.15) is 0 Å². The van der Waals surface area contributed by atoms with Crippen molar-refractivity contribution in [2.45, 2.75) is 57.7 Å². The van der Waals surface area contributed by atoms with E-state index in [-0.39, 0.29) is 18.4 Å². The smallest absolute Gasteiger partial charge is 0.237 e. The first-order chi connectivity index (χ1) is 11.6. The lowest BCUT2D eigenvalue weighted by Crippen LogP contribution is -2.54. The number of piperidine rings is 1. The average Bonchev–Trinajstić information content (AvgIpc) is 2.60. The summed E-state index contributed by atoms with van der Waals surface area (Å²) >= 11 is 0. The van der Waals surface area contributed by atoms with Crippen LogP contribution in [0.3, 0.4) is 0 Å². The summed E-state index contributed by atoms with van der Waals surface area (Å²) in [6.07, 6.45) is 4.95. The third-order valence-electron chi connectivity index (χ3n) is 5.43. The number of fused-ring (bicyclic) bond motifs is 1. The Balaban J connectivity index is 1.74. The Hall–Kier alpha value is -1.88. The Kier molecular flexibility index (Phi) is 5.19. The molecule has 0 spiro atoms. The number of hydrogen-bond acceptors (Lipinski definition) is 3. The van der Waals surface area contributed by atoms with Gasteiger partial charge in [-0.2, -0.15) is 0 Å². The van der Waals surface area contributed by atoms with E-state index in [9.17, 15) is 9.59 Å². The largest absolute Gasteiger partial charge is 0.368 e. The van der Waals surface area contributed by atoms with Crippen LogP contribution < -0.4 is 5.73 Å². The van der Waals surface area contributed by atoms with Gasteiger partial charge in [0, 0.05) is 19.1 Å². The molecule has 24 heavy (non-hydrogen) atoms.